The van der Waals surface area contributed by atoms with Gasteiger partial charge >= 0.3 is 17.9 Å². The van der Waals surface area contributed by atoms with Crippen LogP contribution in [0.1, 0.15) is 58.8 Å². The Morgan fingerprint density at radius 3 is 1.65 bits per heavy atom. The highest BCUT2D eigenvalue weighted by Crippen LogP contribution is 2.07. The van der Waals surface area contributed by atoms with Crippen LogP contribution in [0.25, 0.3) is 0 Å². The number of unbranched alkanes of at least 4 members (excludes halogenated alkanes) is 1. The third-order valence-corrected chi connectivity index (χ3v) is 6.61. The lowest BCUT2D eigenvalue weighted by molar-refractivity contribution is -0.143. The zero-order chi connectivity index (χ0) is 37.7. The molecule has 0 unspecified atom stereocenters. The number of aliphatic carboxylic acids is 3. The lowest BCUT2D eigenvalue weighted by Crippen LogP contribution is -2.58. The number of amides is 6. The van der Waals surface area contributed by atoms with E-state index in [4.69, 9.17) is 21.7 Å². The SMILES string of the molecule is CC(C)C[C@H](NC(=O)[C@H](CO)NC(=O)[C@H](CCCCN)NC(=O)CNC(=O)[C@@H](N)CC(=O)O)C(=O)NCC(=O)N[C@@H](CCC(=O)O)C(=O)O. The molecular formula is C28H48N8O13. The number of nitrogens with one attached hydrogen (secondary N) is 6. The highest BCUT2D eigenvalue weighted by Gasteiger charge is 2.30. The number of carboxylic acid groups (broad SMARTS) is 3. The summed E-state index contributed by atoms with van der Waals surface area (Å²) in [6, 6.07) is -7.08. The molecule has 0 aromatic heterocycles. The summed E-state index contributed by atoms with van der Waals surface area (Å²) in [6.07, 6.45) is -0.700. The van der Waals surface area contributed by atoms with Gasteiger partial charge in [-0.3, -0.25) is 38.4 Å². The van der Waals surface area contributed by atoms with E-state index in [0.717, 1.165) is 0 Å². The molecule has 6 amide bonds. The Balaban J connectivity index is 5.47. The van der Waals surface area contributed by atoms with Gasteiger partial charge in [-0.25, -0.2) is 4.79 Å². The van der Waals surface area contributed by atoms with E-state index < -0.39 is 123 Å². The van der Waals surface area contributed by atoms with Crippen LogP contribution in [0, 0.1) is 5.92 Å². The number of aliphatic hydroxyl groups excluding tert-OH is 1. The normalized spacial score (nSPS) is 13.8. The molecule has 5 atom stereocenters. The smallest absolute Gasteiger partial charge is 0.326 e. The molecule has 49 heavy (non-hydrogen) atoms. The van der Waals surface area contributed by atoms with Crippen LogP contribution in [0.5, 0.6) is 0 Å². The van der Waals surface area contributed by atoms with Crippen molar-refractivity contribution in [3.63, 3.8) is 0 Å². The first-order valence-corrected chi connectivity index (χ1v) is 15.4. The Labute approximate surface area is 281 Å². The lowest BCUT2D eigenvalue weighted by atomic mass is 10.0. The highest BCUT2D eigenvalue weighted by molar-refractivity contribution is 5.96. The molecule has 0 aliphatic rings. The monoisotopic (exact) mass is 704 g/mol. The lowest BCUT2D eigenvalue weighted by Gasteiger charge is -2.25. The van der Waals surface area contributed by atoms with Crippen LogP contribution in [-0.2, 0) is 43.2 Å². The fourth-order valence-corrected chi connectivity index (χ4v) is 4.09. The Kier molecular flexibility index (Phi) is 21.1. The largest absolute Gasteiger partial charge is 0.481 e. The average Bonchev–Trinajstić information content (AvgIpc) is 3.01. The molecule has 0 radical (unpaired) electrons. The van der Waals surface area contributed by atoms with Gasteiger partial charge < -0.3 is 63.8 Å². The number of carbonyl (C=O) groups is 9. The average molecular weight is 705 g/mol. The number of nitrogens with two attached hydrogens (primary N) is 2. The number of hydrogen-bond acceptors (Lipinski definition) is 12. The summed E-state index contributed by atoms with van der Waals surface area (Å²) in [5, 5.41) is 50.1. The molecule has 0 saturated heterocycles. The van der Waals surface area contributed by atoms with E-state index in [9.17, 15) is 53.4 Å². The third-order valence-electron chi connectivity index (χ3n) is 6.61. The maximum atomic E-state index is 13.1. The van der Waals surface area contributed by atoms with E-state index in [2.05, 4.69) is 31.9 Å². The van der Waals surface area contributed by atoms with Crippen molar-refractivity contribution >= 4 is 53.4 Å². The van der Waals surface area contributed by atoms with Crippen molar-refractivity contribution in [2.24, 2.45) is 17.4 Å². The van der Waals surface area contributed by atoms with Crippen LogP contribution in [-0.4, -0.2) is 130 Å². The van der Waals surface area contributed by atoms with Crippen LogP contribution in [0.2, 0.25) is 0 Å². The second kappa shape index (κ2) is 23.4. The van der Waals surface area contributed by atoms with Gasteiger partial charge in [-0.15, -0.1) is 0 Å². The molecule has 0 aromatic carbocycles. The van der Waals surface area contributed by atoms with Gasteiger partial charge in [0.2, 0.25) is 35.4 Å². The summed E-state index contributed by atoms with van der Waals surface area (Å²) in [4.78, 5) is 108. The van der Waals surface area contributed by atoms with E-state index in [-0.39, 0.29) is 25.3 Å². The summed E-state index contributed by atoms with van der Waals surface area (Å²) in [6.45, 7) is 1.43. The minimum atomic E-state index is -1.61. The number of aliphatic hydroxyl groups is 1. The predicted octanol–water partition coefficient (Wildman–Crippen LogP) is -4.92. The first kappa shape index (κ1) is 44.1. The molecule has 21 nitrogen and oxygen atoms in total. The summed E-state index contributed by atoms with van der Waals surface area (Å²) in [7, 11) is 0. The van der Waals surface area contributed by atoms with Crippen molar-refractivity contribution in [3.05, 3.63) is 0 Å². The minimum absolute atomic E-state index is 0.0422. The van der Waals surface area contributed by atoms with Gasteiger partial charge in [0.1, 0.15) is 24.2 Å². The van der Waals surface area contributed by atoms with E-state index in [0.29, 0.717) is 12.8 Å². The standard InChI is InChI=1S/C28H48N8O13/c1-14(2)9-18(25(45)32-12-21(39)34-17(28(48)49)6-7-22(40)41)35-27(47)19(13-37)36-26(46)16(5-3-4-8-29)33-20(38)11-31-24(44)15(30)10-23(42)43/h14-19,37H,3-13,29-30H2,1-2H3,(H,31,44)(H,32,45)(H,33,38)(H,34,39)(H,35,47)(H,36,46)(H,40,41)(H,42,43)(H,48,49)/t15-,16-,17-,18-,19-/m0/s1. The van der Waals surface area contributed by atoms with Gasteiger partial charge in [0.05, 0.1) is 32.2 Å². The van der Waals surface area contributed by atoms with E-state index >= 15 is 0 Å². The number of rotatable bonds is 25. The van der Waals surface area contributed by atoms with Crippen molar-refractivity contribution in [2.75, 3.05) is 26.2 Å². The van der Waals surface area contributed by atoms with Crippen LogP contribution < -0.4 is 43.4 Å². The fourth-order valence-electron chi connectivity index (χ4n) is 4.09. The Morgan fingerprint density at radius 1 is 0.633 bits per heavy atom. The quantitative estimate of drug-likeness (QED) is 0.0396. The molecule has 0 heterocycles. The minimum Gasteiger partial charge on any atom is -0.481 e. The van der Waals surface area contributed by atoms with Crippen molar-refractivity contribution in [1.29, 1.82) is 0 Å². The summed E-state index contributed by atoms with van der Waals surface area (Å²) >= 11 is 0. The molecule has 0 aromatic rings. The van der Waals surface area contributed by atoms with Crippen molar-refractivity contribution in [3.8, 4) is 0 Å². The molecule has 0 aliphatic heterocycles. The molecule has 0 saturated carbocycles. The molecule has 0 aliphatic carbocycles. The van der Waals surface area contributed by atoms with Gasteiger partial charge in [-0.2, -0.15) is 0 Å². The highest BCUT2D eigenvalue weighted by atomic mass is 16.4. The van der Waals surface area contributed by atoms with Gasteiger partial charge in [-0.1, -0.05) is 13.8 Å². The maximum Gasteiger partial charge on any atom is 0.326 e. The molecule has 0 bridgehead atoms. The Morgan fingerprint density at radius 2 is 1.16 bits per heavy atom. The second-order valence-corrected chi connectivity index (χ2v) is 11.4. The topological polar surface area (TPSA) is 359 Å². The third kappa shape index (κ3) is 19.5. The molecule has 14 N–H and O–H groups in total. The molecule has 0 rings (SSSR count). The number of hydrogen-bond donors (Lipinski definition) is 12. The van der Waals surface area contributed by atoms with Crippen LogP contribution in [0.3, 0.4) is 0 Å². The van der Waals surface area contributed by atoms with Gasteiger partial charge in [0.15, 0.2) is 0 Å². The predicted molar refractivity (Wildman–Crippen MR) is 168 cm³/mol. The summed E-state index contributed by atoms with van der Waals surface area (Å²) in [5.74, 6) is -9.70. The van der Waals surface area contributed by atoms with Gasteiger partial charge in [0.25, 0.3) is 0 Å². The number of carboxylic acids is 3. The summed E-state index contributed by atoms with van der Waals surface area (Å²) < 4.78 is 0. The van der Waals surface area contributed by atoms with Crippen LogP contribution in [0.4, 0.5) is 0 Å². The zero-order valence-electron chi connectivity index (χ0n) is 27.4. The number of carbonyl (C=O) groups excluding carboxylic acids is 6. The first-order valence-electron chi connectivity index (χ1n) is 15.4. The van der Waals surface area contributed by atoms with Crippen molar-refractivity contribution in [2.45, 2.75) is 89.0 Å². The van der Waals surface area contributed by atoms with E-state index in [1.165, 1.54) is 0 Å². The van der Waals surface area contributed by atoms with Crippen LogP contribution >= 0.6 is 0 Å². The first-order chi connectivity index (χ1) is 22.9. The van der Waals surface area contributed by atoms with Gasteiger partial charge in [-0.05, 0) is 44.6 Å². The van der Waals surface area contributed by atoms with E-state index in [1.54, 1.807) is 13.8 Å². The second-order valence-electron chi connectivity index (χ2n) is 11.4. The zero-order valence-corrected chi connectivity index (χ0v) is 27.4. The Hall–Kier alpha value is -4.89. The van der Waals surface area contributed by atoms with Crippen molar-refractivity contribution in [1.82, 2.24) is 31.9 Å². The maximum absolute atomic E-state index is 13.1. The van der Waals surface area contributed by atoms with E-state index in [1.807, 2.05) is 0 Å². The molecular weight excluding hydrogens is 656 g/mol. The molecule has 278 valence electrons. The summed E-state index contributed by atoms with van der Waals surface area (Å²) in [5.41, 5.74) is 11.0. The van der Waals surface area contributed by atoms with Gasteiger partial charge in [0, 0.05) is 6.42 Å². The molecule has 0 fully saturated rings. The Bertz CT molecular complexity index is 1180. The fraction of sp³-hybridized carbons (Fsp3) is 0.679. The molecule has 21 heteroatoms. The molecule has 0 spiro atoms. The van der Waals surface area contributed by atoms with Crippen molar-refractivity contribution < 1.29 is 63.6 Å². The van der Waals surface area contributed by atoms with Crippen LogP contribution in [0.15, 0.2) is 0 Å².